The molecule has 150 valence electrons. The van der Waals surface area contributed by atoms with E-state index in [1.807, 2.05) is 6.07 Å². The number of sulfonamides is 1. The molecule has 0 fully saturated rings. The van der Waals surface area contributed by atoms with Crippen molar-refractivity contribution in [3.63, 3.8) is 0 Å². The monoisotopic (exact) mass is 474 g/mol. The zero-order valence-electron chi connectivity index (χ0n) is 15.2. The molecule has 0 radical (unpaired) electrons. The molecule has 29 heavy (non-hydrogen) atoms. The van der Waals surface area contributed by atoms with E-state index in [0.29, 0.717) is 11.3 Å². The molecule has 8 heteroatoms. The first kappa shape index (κ1) is 21.0. The van der Waals surface area contributed by atoms with Gasteiger partial charge >= 0.3 is 0 Å². The molecule has 0 saturated heterocycles. The van der Waals surface area contributed by atoms with Gasteiger partial charge in [-0.25, -0.2) is 13.1 Å². The largest absolute Gasteiger partial charge is 0.508 e. The van der Waals surface area contributed by atoms with Crippen molar-refractivity contribution in [2.75, 3.05) is 5.32 Å². The number of phenolic OH excluding ortho intramolecular Hbond substituents is 1. The standard InChI is InChI=1S/C21H19BrN2O4S/c22-16-6-12-19(13-7-16)29(27,28)24-20(15-4-2-1-3-5-15)14-21(26)23-17-8-10-18(25)11-9-17/h1-13,20,24-25H,14H2,(H,23,26). The second kappa shape index (κ2) is 9.21. The number of carbonyl (C=O) groups is 1. The number of hydrogen-bond donors (Lipinski definition) is 3. The minimum Gasteiger partial charge on any atom is -0.508 e. The molecule has 0 bridgehead atoms. The Hall–Kier alpha value is -2.68. The summed E-state index contributed by atoms with van der Waals surface area (Å²) in [6.07, 6.45) is -0.0966. The van der Waals surface area contributed by atoms with Crippen LogP contribution >= 0.6 is 15.9 Å². The summed E-state index contributed by atoms with van der Waals surface area (Å²) in [4.78, 5) is 12.6. The fraction of sp³-hybridized carbons (Fsp3) is 0.0952. The molecule has 0 saturated carbocycles. The molecule has 0 aromatic heterocycles. The Kier molecular flexibility index (Phi) is 6.68. The Labute approximate surface area is 177 Å². The predicted molar refractivity (Wildman–Crippen MR) is 115 cm³/mol. The first-order chi connectivity index (χ1) is 13.8. The first-order valence-corrected chi connectivity index (χ1v) is 11.0. The van der Waals surface area contributed by atoms with Gasteiger partial charge in [-0.3, -0.25) is 4.79 Å². The summed E-state index contributed by atoms with van der Waals surface area (Å²) in [5.41, 5.74) is 1.18. The van der Waals surface area contributed by atoms with Gasteiger partial charge in [0.1, 0.15) is 5.75 Å². The third-order valence-corrected chi connectivity index (χ3v) is 6.18. The molecule has 6 nitrogen and oxygen atoms in total. The molecule has 1 atom stereocenters. The average molecular weight is 475 g/mol. The number of aromatic hydroxyl groups is 1. The quantitative estimate of drug-likeness (QED) is 0.447. The highest BCUT2D eigenvalue weighted by atomic mass is 79.9. The molecule has 0 aliphatic heterocycles. The van der Waals surface area contributed by atoms with E-state index in [4.69, 9.17) is 0 Å². The van der Waals surface area contributed by atoms with Crippen LogP contribution in [0.4, 0.5) is 5.69 Å². The van der Waals surface area contributed by atoms with Gasteiger partial charge in [-0.1, -0.05) is 46.3 Å². The van der Waals surface area contributed by atoms with Crippen LogP contribution in [0, 0.1) is 0 Å². The van der Waals surface area contributed by atoms with Crippen LogP contribution in [0.3, 0.4) is 0 Å². The minimum absolute atomic E-state index is 0.0902. The third-order valence-electron chi connectivity index (χ3n) is 4.16. The van der Waals surface area contributed by atoms with Crippen LogP contribution in [0.15, 0.2) is 88.2 Å². The van der Waals surface area contributed by atoms with E-state index in [1.54, 1.807) is 48.5 Å². The van der Waals surface area contributed by atoms with Gasteiger partial charge in [0.25, 0.3) is 0 Å². The number of rotatable bonds is 7. The highest BCUT2D eigenvalue weighted by Crippen LogP contribution is 2.23. The van der Waals surface area contributed by atoms with Crippen LogP contribution in [0.2, 0.25) is 0 Å². The Morgan fingerprint density at radius 3 is 2.17 bits per heavy atom. The topological polar surface area (TPSA) is 95.5 Å². The molecule has 3 aromatic rings. The van der Waals surface area contributed by atoms with Gasteiger partial charge in [0.2, 0.25) is 15.9 Å². The van der Waals surface area contributed by atoms with Crippen LogP contribution in [-0.2, 0) is 14.8 Å². The highest BCUT2D eigenvalue weighted by Gasteiger charge is 2.23. The summed E-state index contributed by atoms with van der Waals surface area (Å²) in [6.45, 7) is 0. The second-order valence-electron chi connectivity index (χ2n) is 6.34. The lowest BCUT2D eigenvalue weighted by molar-refractivity contribution is -0.116. The van der Waals surface area contributed by atoms with Crippen molar-refractivity contribution >= 4 is 37.5 Å². The molecule has 3 N–H and O–H groups in total. The predicted octanol–water partition coefficient (Wildman–Crippen LogP) is 4.20. The lowest BCUT2D eigenvalue weighted by Crippen LogP contribution is -2.31. The Morgan fingerprint density at radius 2 is 1.55 bits per heavy atom. The van der Waals surface area contributed by atoms with Crippen molar-refractivity contribution in [2.24, 2.45) is 0 Å². The highest BCUT2D eigenvalue weighted by molar-refractivity contribution is 9.10. The Morgan fingerprint density at radius 1 is 0.931 bits per heavy atom. The molecule has 0 heterocycles. The Balaban J connectivity index is 1.80. The zero-order valence-corrected chi connectivity index (χ0v) is 17.7. The molecular formula is C21H19BrN2O4S. The summed E-state index contributed by atoms with van der Waals surface area (Å²) < 4.78 is 29.0. The number of benzene rings is 3. The van der Waals surface area contributed by atoms with E-state index < -0.39 is 16.1 Å². The molecule has 3 rings (SSSR count). The maximum atomic E-state index is 12.8. The van der Waals surface area contributed by atoms with Gasteiger partial charge in [-0.2, -0.15) is 0 Å². The van der Waals surface area contributed by atoms with Crippen LogP contribution in [-0.4, -0.2) is 19.4 Å². The van der Waals surface area contributed by atoms with E-state index in [0.717, 1.165) is 4.47 Å². The molecule has 1 unspecified atom stereocenters. The SMILES string of the molecule is O=C(CC(NS(=O)(=O)c1ccc(Br)cc1)c1ccccc1)Nc1ccc(O)cc1. The number of amides is 1. The Bertz CT molecular complexity index is 1070. The summed E-state index contributed by atoms with van der Waals surface area (Å²) >= 11 is 3.28. The summed E-state index contributed by atoms with van der Waals surface area (Å²) in [5, 5.41) is 12.1. The van der Waals surface area contributed by atoms with Crippen molar-refractivity contribution in [1.82, 2.24) is 4.72 Å². The minimum atomic E-state index is -3.83. The smallest absolute Gasteiger partial charge is 0.241 e. The summed E-state index contributed by atoms with van der Waals surface area (Å²) in [7, 11) is -3.83. The van der Waals surface area contributed by atoms with Crippen LogP contribution in [0.5, 0.6) is 5.75 Å². The summed E-state index contributed by atoms with van der Waals surface area (Å²) in [5.74, 6) is -0.268. The van der Waals surface area contributed by atoms with Crippen molar-refractivity contribution < 1.29 is 18.3 Å². The molecule has 0 aliphatic rings. The van der Waals surface area contributed by atoms with Crippen molar-refractivity contribution in [1.29, 1.82) is 0 Å². The third kappa shape index (κ3) is 5.90. The summed E-state index contributed by atoms with van der Waals surface area (Å²) in [6, 6.07) is 20.5. The molecule has 3 aromatic carbocycles. The fourth-order valence-corrected chi connectivity index (χ4v) is 4.21. The number of hydrogen-bond acceptors (Lipinski definition) is 4. The van der Waals surface area contributed by atoms with Crippen LogP contribution in [0.1, 0.15) is 18.0 Å². The van der Waals surface area contributed by atoms with Crippen molar-refractivity contribution in [3.8, 4) is 5.75 Å². The van der Waals surface area contributed by atoms with E-state index in [9.17, 15) is 18.3 Å². The number of phenols is 1. The van der Waals surface area contributed by atoms with Gasteiger partial charge < -0.3 is 10.4 Å². The van der Waals surface area contributed by atoms with Crippen LogP contribution < -0.4 is 10.0 Å². The number of nitrogens with one attached hydrogen (secondary N) is 2. The van der Waals surface area contributed by atoms with Crippen LogP contribution in [0.25, 0.3) is 0 Å². The number of anilines is 1. The van der Waals surface area contributed by atoms with Crippen molar-refractivity contribution in [3.05, 3.63) is 88.9 Å². The number of carbonyl (C=O) groups excluding carboxylic acids is 1. The molecular weight excluding hydrogens is 456 g/mol. The average Bonchev–Trinajstić information content (AvgIpc) is 2.70. The van der Waals surface area contributed by atoms with Gasteiger partial charge in [0.05, 0.1) is 10.9 Å². The normalized spacial score (nSPS) is 12.3. The molecule has 0 spiro atoms. The lowest BCUT2D eigenvalue weighted by Gasteiger charge is -2.19. The lowest BCUT2D eigenvalue weighted by atomic mass is 10.0. The van der Waals surface area contributed by atoms with E-state index in [1.165, 1.54) is 24.3 Å². The van der Waals surface area contributed by atoms with E-state index in [2.05, 4.69) is 26.0 Å². The van der Waals surface area contributed by atoms with Crippen molar-refractivity contribution in [2.45, 2.75) is 17.4 Å². The fourth-order valence-electron chi connectivity index (χ4n) is 2.72. The van der Waals surface area contributed by atoms with Gasteiger partial charge in [0, 0.05) is 16.6 Å². The maximum absolute atomic E-state index is 12.8. The first-order valence-electron chi connectivity index (χ1n) is 8.75. The van der Waals surface area contributed by atoms with E-state index >= 15 is 0 Å². The number of halogens is 1. The van der Waals surface area contributed by atoms with Gasteiger partial charge in [0.15, 0.2) is 0 Å². The zero-order chi connectivity index (χ0) is 20.9. The van der Waals surface area contributed by atoms with E-state index in [-0.39, 0.29) is 23.0 Å². The molecule has 0 aliphatic carbocycles. The maximum Gasteiger partial charge on any atom is 0.241 e. The molecule has 1 amide bonds. The second-order valence-corrected chi connectivity index (χ2v) is 8.97. The van der Waals surface area contributed by atoms with Gasteiger partial charge in [-0.05, 0) is 54.1 Å². The van der Waals surface area contributed by atoms with Gasteiger partial charge in [-0.15, -0.1) is 0 Å².